The van der Waals surface area contributed by atoms with Gasteiger partial charge in [-0.1, -0.05) is 0 Å². The lowest BCUT2D eigenvalue weighted by molar-refractivity contribution is -0.114. The third kappa shape index (κ3) is 3.01. The number of halogens is 1. The summed E-state index contributed by atoms with van der Waals surface area (Å²) in [6.45, 7) is 3.97. The average molecular weight is 219 g/mol. The van der Waals surface area contributed by atoms with Crippen LogP contribution in [0.3, 0.4) is 0 Å². The molecule has 1 aromatic rings. The maximum absolute atomic E-state index is 11.0. The molecular weight excluding hydrogens is 204 g/mol. The Balaban J connectivity index is 0.00000169. The maximum atomic E-state index is 11.0. The highest BCUT2D eigenvalue weighted by atomic mass is 35.5. The predicted molar refractivity (Wildman–Crippen MR) is 57.5 cm³/mol. The molecule has 5 nitrogen and oxygen atoms in total. The van der Waals surface area contributed by atoms with Crippen molar-refractivity contribution in [2.75, 3.05) is 11.9 Å². The van der Waals surface area contributed by atoms with Crippen LogP contribution >= 0.6 is 12.4 Å². The van der Waals surface area contributed by atoms with Crippen LogP contribution in [-0.4, -0.2) is 22.2 Å². The van der Waals surface area contributed by atoms with Crippen LogP contribution in [-0.2, 0) is 4.79 Å². The standard InChI is InChI=1S/C8H14N4O.ClH/c1-6(2)12-7(3-4-10-12)11-8(13)5-9;/h3-4,6H,5,9H2,1-2H3,(H,11,13);1H. The number of nitrogens with one attached hydrogen (secondary N) is 1. The monoisotopic (exact) mass is 218 g/mol. The summed E-state index contributed by atoms with van der Waals surface area (Å²) in [7, 11) is 0. The lowest BCUT2D eigenvalue weighted by Gasteiger charge is -2.10. The Kier molecular flexibility index (Phi) is 5.19. The Hall–Kier alpha value is -1.07. The van der Waals surface area contributed by atoms with Crippen molar-refractivity contribution < 1.29 is 4.79 Å². The smallest absolute Gasteiger partial charge is 0.239 e. The molecular formula is C8H15ClN4O. The second-order valence-electron chi connectivity index (χ2n) is 3.01. The first-order chi connectivity index (χ1) is 6.15. The van der Waals surface area contributed by atoms with Gasteiger partial charge in [0, 0.05) is 12.1 Å². The van der Waals surface area contributed by atoms with Gasteiger partial charge in [0.2, 0.25) is 5.91 Å². The molecule has 14 heavy (non-hydrogen) atoms. The molecule has 0 aliphatic rings. The van der Waals surface area contributed by atoms with Crippen LogP contribution in [0.15, 0.2) is 12.3 Å². The van der Waals surface area contributed by atoms with E-state index in [1.807, 2.05) is 13.8 Å². The molecule has 0 saturated heterocycles. The highest BCUT2D eigenvalue weighted by Gasteiger charge is 2.07. The van der Waals surface area contributed by atoms with E-state index < -0.39 is 0 Å². The highest BCUT2D eigenvalue weighted by Crippen LogP contribution is 2.12. The summed E-state index contributed by atoms with van der Waals surface area (Å²) in [4.78, 5) is 11.0. The SMILES string of the molecule is CC(C)n1nccc1NC(=O)CN.Cl. The minimum absolute atomic E-state index is 0. The summed E-state index contributed by atoms with van der Waals surface area (Å²) in [5.41, 5.74) is 5.17. The quantitative estimate of drug-likeness (QED) is 0.788. The molecule has 1 rings (SSSR count). The molecule has 6 heteroatoms. The van der Waals surface area contributed by atoms with E-state index in [-0.39, 0.29) is 30.9 Å². The van der Waals surface area contributed by atoms with Gasteiger partial charge in [-0.05, 0) is 13.8 Å². The number of nitrogens with two attached hydrogens (primary N) is 1. The van der Waals surface area contributed by atoms with Crippen LogP contribution in [0, 0.1) is 0 Å². The summed E-state index contributed by atoms with van der Waals surface area (Å²) in [6.07, 6.45) is 1.64. The van der Waals surface area contributed by atoms with E-state index in [9.17, 15) is 4.79 Å². The van der Waals surface area contributed by atoms with Crippen molar-refractivity contribution in [2.45, 2.75) is 19.9 Å². The summed E-state index contributed by atoms with van der Waals surface area (Å²) >= 11 is 0. The number of hydrogen-bond donors (Lipinski definition) is 2. The summed E-state index contributed by atoms with van der Waals surface area (Å²) in [5.74, 6) is 0.479. The van der Waals surface area contributed by atoms with Crippen LogP contribution in [0.2, 0.25) is 0 Å². The minimum Gasteiger partial charge on any atom is -0.322 e. The number of carbonyl (C=O) groups excluding carboxylic acids is 1. The van der Waals surface area contributed by atoms with Crippen LogP contribution in [0.4, 0.5) is 5.82 Å². The van der Waals surface area contributed by atoms with E-state index in [2.05, 4.69) is 10.4 Å². The van der Waals surface area contributed by atoms with Gasteiger partial charge in [-0.3, -0.25) is 4.79 Å². The molecule has 1 heterocycles. The molecule has 80 valence electrons. The largest absolute Gasteiger partial charge is 0.322 e. The van der Waals surface area contributed by atoms with Crippen molar-refractivity contribution in [3.8, 4) is 0 Å². The number of rotatable bonds is 3. The molecule has 0 radical (unpaired) electrons. The van der Waals surface area contributed by atoms with Gasteiger partial charge in [-0.25, -0.2) is 4.68 Å². The highest BCUT2D eigenvalue weighted by molar-refractivity contribution is 5.91. The van der Waals surface area contributed by atoms with Gasteiger partial charge in [0.25, 0.3) is 0 Å². The number of anilines is 1. The third-order valence-electron chi connectivity index (χ3n) is 1.61. The predicted octanol–water partition coefficient (Wildman–Crippen LogP) is 0.783. The Morgan fingerprint density at radius 3 is 2.86 bits per heavy atom. The third-order valence-corrected chi connectivity index (χ3v) is 1.61. The topological polar surface area (TPSA) is 72.9 Å². The fourth-order valence-electron chi connectivity index (χ4n) is 1.02. The molecule has 0 bridgehead atoms. The van der Waals surface area contributed by atoms with Gasteiger partial charge in [0.05, 0.1) is 12.7 Å². The Labute approximate surface area is 89.1 Å². The van der Waals surface area contributed by atoms with Gasteiger partial charge in [0.15, 0.2) is 0 Å². The lowest BCUT2D eigenvalue weighted by atomic mass is 10.4. The van der Waals surface area contributed by atoms with Gasteiger partial charge in [-0.2, -0.15) is 5.10 Å². The van der Waals surface area contributed by atoms with E-state index in [4.69, 9.17) is 5.73 Å². The number of aromatic nitrogens is 2. The molecule has 0 aliphatic heterocycles. The van der Waals surface area contributed by atoms with Crippen molar-refractivity contribution in [3.63, 3.8) is 0 Å². The summed E-state index contributed by atoms with van der Waals surface area (Å²) in [6, 6.07) is 1.97. The number of carbonyl (C=O) groups is 1. The van der Waals surface area contributed by atoms with Gasteiger partial charge >= 0.3 is 0 Å². The fourth-order valence-corrected chi connectivity index (χ4v) is 1.02. The molecule has 0 spiro atoms. The Morgan fingerprint density at radius 2 is 2.36 bits per heavy atom. The van der Waals surface area contributed by atoms with Gasteiger partial charge in [0.1, 0.15) is 5.82 Å². The molecule has 1 aromatic heterocycles. The van der Waals surface area contributed by atoms with Crippen LogP contribution in [0.1, 0.15) is 19.9 Å². The average Bonchev–Trinajstić information content (AvgIpc) is 2.52. The molecule has 1 amide bonds. The van der Waals surface area contributed by atoms with Crippen molar-refractivity contribution in [2.24, 2.45) is 5.73 Å². The van der Waals surface area contributed by atoms with E-state index >= 15 is 0 Å². The molecule has 0 unspecified atom stereocenters. The van der Waals surface area contributed by atoms with Crippen molar-refractivity contribution in [1.82, 2.24) is 9.78 Å². The van der Waals surface area contributed by atoms with E-state index in [1.54, 1.807) is 16.9 Å². The normalized spacial score (nSPS) is 9.71. The minimum atomic E-state index is -0.206. The molecule has 0 saturated carbocycles. The second-order valence-corrected chi connectivity index (χ2v) is 3.01. The summed E-state index contributed by atoms with van der Waals surface area (Å²) in [5, 5.41) is 6.72. The van der Waals surface area contributed by atoms with Gasteiger partial charge < -0.3 is 11.1 Å². The number of hydrogen-bond acceptors (Lipinski definition) is 3. The van der Waals surface area contributed by atoms with Crippen LogP contribution in [0.5, 0.6) is 0 Å². The first-order valence-corrected chi connectivity index (χ1v) is 4.18. The van der Waals surface area contributed by atoms with Crippen LogP contribution < -0.4 is 11.1 Å². The molecule has 0 atom stereocenters. The Morgan fingerprint density at radius 1 is 1.71 bits per heavy atom. The Bertz CT molecular complexity index is 297. The lowest BCUT2D eigenvalue weighted by Crippen LogP contribution is -2.23. The first-order valence-electron chi connectivity index (χ1n) is 4.18. The second kappa shape index (κ2) is 5.62. The number of nitrogens with zero attached hydrogens (tertiary/aromatic N) is 2. The van der Waals surface area contributed by atoms with Crippen molar-refractivity contribution in [3.05, 3.63) is 12.3 Å². The summed E-state index contributed by atoms with van der Waals surface area (Å²) < 4.78 is 1.73. The molecule has 0 aliphatic carbocycles. The number of amides is 1. The van der Waals surface area contributed by atoms with E-state index in [0.717, 1.165) is 0 Å². The zero-order chi connectivity index (χ0) is 9.84. The zero-order valence-electron chi connectivity index (χ0n) is 8.23. The van der Waals surface area contributed by atoms with Gasteiger partial charge in [-0.15, -0.1) is 12.4 Å². The fraction of sp³-hybridized carbons (Fsp3) is 0.500. The molecule has 3 N–H and O–H groups in total. The van der Waals surface area contributed by atoms with Crippen LogP contribution in [0.25, 0.3) is 0 Å². The van der Waals surface area contributed by atoms with E-state index in [1.165, 1.54) is 0 Å². The first kappa shape index (κ1) is 12.9. The van der Waals surface area contributed by atoms with Crippen molar-refractivity contribution >= 4 is 24.1 Å². The van der Waals surface area contributed by atoms with Crippen molar-refractivity contribution in [1.29, 1.82) is 0 Å². The maximum Gasteiger partial charge on any atom is 0.239 e. The zero-order valence-corrected chi connectivity index (χ0v) is 9.04. The van der Waals surface area contributed by atoms with E-state index in [0.29, 0.717) is 5.82 Å². The molecule has 0 fully saturated rings. The molecule has 0 aromatic carbocycles.